The van der Waals surface area contributed by atoms with Crippen molar-refractivity contribution in [3.63, 3.8) is 0 Å². The lowest BCUT2D eigenvalue weighted by molar-refractivity contribution is -0.123. The summed E-state index contributed by atoms with van der Waals surface area (Å²) in [5.74, 6) is 0.209. The van der Waals surface area contributed by atoms with Crippen LogP contribution in [0.4, 0.5) is 0 Å². The largest absolute Gasteiger partial charge is 0.483 e. The van der Waals surface area contributed by atoms with E-state index >= 15 is 0 Å². The summed E-state index contributed by atoms with van der Waals surface area (Å²) in [6.45, 7) is -0.157. The SMILES string of the molecule is O=C(COc1cccc2ccccc12)N/N=C\c1ccc(OC(=O)c2ccccc2Br)cc1. The molecule has 0 atom stereocenters. The summed E-state index contributed by atoms with van der Waals surface area (Å²) in [5.41, 5.74) is 3.61. The van der Waals surface area contributed by atoms with Crippen molar-refractivity contribution in [3.8, 4) is 11.5 Å². The summed E-state index contributed by atoms with van der Waals surface area (Å²) in [4.78, 5) is 24.3. The van der Waals surface area contributed by atoms with Crippen LogP contribution in [-0.4, -0.2) is 24.7 Å². The van der Waals surface area contributed by atoms with E-state index in [9.17, 15) is 9.59 Å². The third-order valence-corrected chi connectivity index (χ3v) is 5.39. The van der Waals surface area contributed by atoms with E-state index in [1.54, 1.807) is 42.5 Å². The number of nitrogens with zero attached hydrogens (tertiary/aromatic N) is 1. The Morgan fingerprint density at radius 3 is 2.42 bits per heavy atom. The Labute approximate surface area is 199 Å². The maximum atomic E-state index is 12.3. The molecule has 4 aromatic carbocycles. The van der Waals surface area contributed by atoms with Gasteiger partial charge < -0.3 is 9.47 Å². The molecular weight excluding hydrogens is 484 g/mol. The van der Waals surface area contributed by atoms with Gasteiger partial charge in [-0.3, -0.25) is 4.79 Å². The second-order valence-corrected chi connectivity index (χ2v) is 7.85. The Kier molecular flexibility index (Phi) is 7.12. The molecule has 0 radical (unpaired) electrons. The zero-order valence-electron chi connectivity index (χ0n) is 17.4. The Bertz CT molecular complexity index is 1310. The molecule has 1 N–H and O–H groups in total. The van der Waals surface area contributed by atoms with Gasteiger partial charge in [0.15, 0.2) is 6.61 Å². The van der Waals surface area contributed by atoms with Crippen molar-refractivity contribution in [3.05, 3.63) is 107 Å². The molecule has 33 heavy (non-hydrogen) atoms. The van der Waals surface area contributed by atoms with Crippen LogP contribution in [0.3, 0.4) is 0 Å². The first-order valence-electron chi connectivity index (χ1n) is 10.1. The predicted octanol–water partition coefficient (Wildman–Crippen LogP) is 5.35. The number of hydrogen-bond donors (Lipinski definition) is 1. The van der Waals surface area contributed by atoms with Gasteiger partial charge in [0.05, 0.1) is 11.8 Å². The molecule has 0 spiro atoms. The van der Waals surface area contributed by atoms with E-state index in [-0.39, 0.29) is 12.5 Å². The highest BCUT2D eigenvalue weighted by Gasteiger charge is 2.11. The number of nitrogens with one attached hydrogen (secondary N) is 1. The second-order valence-electron chi connectivity index (χ2n) is 7.00. The Hall–Kier alpha value is -3.97. The molecule has 4 rings (SSSR count). The Balaban J connectivity index is 1.28. The molecule has 0 aliphatic carbocycles. The normalized spacial score (nSPS) is 10.8. The first-order valence-corrected chi connectivity index (χ1v) is 10.9. The molecule has 4 aromatic rings. The van der Waals surface area contributed by atoms with Crippen LogP contribution >= 0.6 is 15.9 Å². The smallest absolute Gasteiger partial charge is 0.344 e. The molecule has 7 heteroatoms. The molecule has 0 bridgehead atoms. The van der Waals surface area contributed by atoms with Crippen LogP contribution < -0.4 is 14.9 Å². The maximum Gasteiger partial charge on any atom is 0.344 e. The van der Waals surface area contributed by atoms with E-state index in [1.807, 2.05) is 48.5 Å². The summed E-state index contributed by atoms with van der Waals surface area (Å²) in [6, 6.07) is 27.3. The van der Waals surface area contributed by atoms with Crippen LogP contribution in [-0.2, 0) is 4.79 Å². The van der Waals surface area contributed by atoms with Crippen LogP contribution in [0.25, 0.3) is 10.8 Å². The summed E-state index contributed by atoms with van der Waals surface area (Å²) in [5, 5.41) is 5.93. The van der Waals surface area contributed by atoms with Gasteiger partial charge in [0.1, 0.15) is 11.5 Å². The van der Waals surface area contributed by atoms with E-state index in [0.29, 0.717) is 21.5 Å². The van der Waals surface area contributed by atoms with Crippen LogP contribution in [0.15, 0.2) is 101 Å². The molecule has 0 unspecified atom stereocenters. The van der Waals surface area contributed by atoms with Crippen LogP contribution in [0, 0.1) is 0 Å². The molecule has 1 amide bonds. The van der Waals surface area contributed by atoms with Gasteiger partial charge in [0.2, 0.25) is 0 Å². The lowest BCUT2D eigenvalue weighted by Gasteiger charge is -2.08. The minimum atomic E-state index is -0.456. The number of hydrazone groups is 1. The number of esters is 1. The second kappa shape index (κ2) is 10.6. The van der Waals surface area contributed by atoms with Gasteiger partial charge in [0.25, 0.3) is 5.91 Å². The molecule has 164 valence electrons. The molecule has 0 heterocycles. The summed E-state index contributed by atoms with van der Waals surface area (Å²) >= 11 is 3.34. The van der Waals surface area contributed by atoms with Gasteiger partial charge in [-0.2, -0.15) is 5.10 Å². The molecule has 0 saturated heterocycles. The topological polar surface area (TPSA) is 77.0 Å². The van der Waals surface area contributed by atoms with Gasteiger partial charge in [-0.05, 0) is 69.3 Å². The third-order valence-electron chi connectivity index (χ3n) is 4.70. The van der Waals surface area contributed by atoms with Crippen molar-refractivity contribution in [1.29, 1.82) is 0 Å². The van der Waals surface area contributed by atoms with E-state index < -0.39 is 5.97 Å². The van der Waals surface area contributed by atoms with Gasteiger partial charge in [0, 0.05) is 9.86 Å². The zero-order chi connectivity index (χ0) is 23.0. The summed E-state index contributed by atoms with van der Waals surface area (Å²) < 4.78 is 11.7. The fourth-order valence-corrected chi connectivity index (χ4v) is 3.53. The molecule has 6 nitrogen and oxygen atoms in total. The fourth-order valence-electron chi connectivity index (χ4n) is 3.09. The van der Waals surface area contributed by atoms with E-state index in [4.69, 9.17) is 9.47 Å². The molecule has 0 aromatic heterocycles. The van der Waals surface area contributed by atoms with Crippen molar-refractivity contribution >= 4 is 44.8 Å². The molecule has 0 aliphatic heterocycles. The number of halogens is 1. The number of ether oxygens (including phenoxy) is 2. The highest BCUT2D eigenvalue weighted by molar-refractivity contribution is 9.10. The van der Waals surface area contributed by atoms with Crippen molar-refractivity contribution in [1.82, 2.24) is 5.43 Å². The van der Waals surface area contributed by atoms with Crippen molar-refractivity contribution in [2.45, 2.75) is 0 Å². The number of rotatable bonds is 7. The molecule has 0 fully saturated rings. The summed E-state index contributed by atoms with van der Waals surface area (Å²) in [7, 11) is 0. The van der Waals surface area contributed by atoms with Gasteiger partial charge >= 0.3 is 5.97 Å². The van der Waals surface area contributed by atoms with E-state index in [1.165, 1.54) is 6.21 Å². The minimum absolute atomic E-state index is 0.157. The van der Waals surface area contributed by atoms with Gasteiger partial charge in [-0.1, -0.05) is 48.5 Å². The van der Waals surface area contributed by atoms with Gasteiger partial charge in [-0.15, -0.1) is 0 Å². The van der Waals surface area contributed by atoms with Crippen LogP contribution in [0.5, 0.6) is 11.5 Å². The zero-order valence-corrected chi connectivity index (χ0v) is 19.0. The number of carbonyl (C=O) groups excluding carboxylic acids is 2. The lowest BCUT2D eigenvalue weighted by Crippen LogP contribution is -2.24. The Morgan fingerprint density at radius 2 is 1.61 bits per heavy atom. The highest BCUT2D eigenvalue weighted by Crippen LogP contribution is 2.25. The number of amides is 1. The minimum Gasteiger partial charge on any atom is -0.483 e. The monoisotopic (exact) mass is 502 g/mol. The summed E-state index contributed by atoms with van der Waals surface area (Å²) in [6.07, 6.45) is 1.50. The fraction of sp³-hybridized carbons (Fsp3) is 0.0385. The van der Waals surface area contributed by atoms with Crippen LogP contribution in [0.2, 0.25) is 0 Å². The van der Waals surface area contributed by atoms with E-state index in [2.05, 4.69) is 26.5 Å². The average molecular weight is 503 g/mol. The predicted molar refractivity (Wildman–Crippen MR) is 131 cm³/mol. The number of fused-ring (bicyclic) bond motifs is 1. The molecule has 0 saturated carbocycles. The number of carbonyl (C=O) groups is 2. The third kappa shape index (κ3) is 5.84. The Morgan fingerprint density at radius 1 is 0.879 bits per heavy atom. The lowest BCUT2D eigenvalue weighted by atomic mass is 10.1. The van der Waals surface area contributed by atoms with Crippen molar-refractivity contribution in [2.75, 3.05) is 6.61 Å². The van der Waals surface area contributed by atoms with Crippen LogP contribution in [0.1, 0.15) is 15.9 Å². The highest BCUT2D eigenvalue weighted by atomic mass is 79.9. The van der Waals surface area contributed by atoms with E-state index in [0.717, 1.165) is 16.3 Å². The maximum absolute atomic E-state index is 12.3. The average Bonchev–Trinajstić information content (AvgIpc) is 2.84. The number of hydrogen-bond acceptors (Lipinski definition) is 5. The van der Waals surface area contributed by atoms with Crippen molar-refractivity contribution in [2.24, 2.45) is 5.10 Å². The van der Waals surface area contributed by atoms with Crippen molar-refractivity contribution < 1.29 is 19.1 Å². The molecule has 0 aliphatic rings. The first-order chi connectivity index (χ1) is 16.1. The molecular formula is C26H19BrN2O4. The standard InChI is InChI=1S/C26H19BrN2O4/c27-23-10-4-3-9-22(23)26(31)33-20-14-12-18(13-15-20)16-28-29-25(30)17-32-24-11-5-7-19-6-1-2-8-21(19)24/h1-16H,17H2,(H,29,30)/b28-16-. The van der Waals surface area contributed by atoms with Gasteiger partial charge in [-0.25, -0.2) is 10.2 Å². The first kappa shape index (κ1) is 22.2. The number of benzene rings is 4. The quantitative estimate of drug-likeness (QED) is 0.160.